The Labute approximate surface area is 209 Å². The standard InChI is InChI=1S/C22H20BrCl3N4O2/c23-17-12-16(24)2-4-21(17)32-14-30-6-5-20(27-30)22(31)29-9-7-28(8-10-29)13-15-1-3-18(25)19(26)11-15/h1-6,11-12H,7-10,13-14H2. The second-order valence-corrected chi connectivity index (χ2v) is 9.51. The molecular weight excluding hydrogens is 539 g/mol. The first-order valence-electron chi connectivity index (χ1n) is 9.96. The molecule has 0 unspecified atom stereocenters. The van der Waals surface area contributed by atoms with Crippen molar-refractivity contribution in [3.8, 4) is 5.75 Å². The van der Waals surface area contributed by atoms with Crippen LogP contribution in [-0.4, -0.2) is 51.7 Å². The Morgan fingerprint density at radius 1 is 1.00 bits per heavy atom. The summed E-state index contributed by atoms with van der Waals surface area (Å²) in [4.78, 5) is 17.0. The van der Waals surface area contributed by atoms with Crippen LogP contribution in [0.3, 0.4) is 0 Å². The summed E-state index contributed by atoms with van der Waals surface area (Å²) in [6, 6.07) is 12.7. The van der Waals surface area contributed by atoms with E-state index in [1.54, 1.807) is 35.1 Å². The van der Waals surface area contributed by atoms with Gasteiger partial charge in [0.1, 0.15) is 5.75 Å². The van der Waals surface area contributed by atoms with Crippen molar-refractivity contribution >= 4 is 56.6 Å². The van der Waals surface area contributed by atoms with E-state index in [0.29, 0.717) is 39.6 Å². The fourth-order valence-electron chi connectivity index (χ4n) is 3.44. The minimum Gasteiger partial charge on any atom is -0.470 e. The van der Waals surface area contributed by atoms with Crippen LogP contribution in [0.1, 0.15) is 16.1 Å². The van der Waals surface area contributed by atoms with Crippen LogP contribution in [0.2, 0.25) is 15.1 Å². The van der Waals surface area contributed by atoms with Gasteiger partial charge in [0, 0.05) is 43.9 Å². The molecular formula is C22H20BrCl3N4O2. The van der Waals surface area contributed by atoms with Gasteiger partial charge in [0.15, 0.2) is 12.4 Å². The molecule has 1 aromatic heterocycles. The fourth-order valence-corrected chi connectivity index (χ4v) is 4.56. The molecule has 0 atom stereocenters. The molecule has 3 aromatic rings. The summed E-state index contributed by atoms with van der Waals surface area (Å²) >= 11 is 21.5. The lowest BCUT2D eigenvalue weighted by Gasteiger charge is -2.34. The van der Waals surface area contributed by atoms with Crippen molar-refractivity contribution < 1.29 is 9.53 Å². The zero-order valence-electron chi connectivity index (χ0n) is 17.0. The van der Waals surface area contributed by atoms with E-state index < -0.39 is 0 Å². The summed E-state index contributed by atoms with van der Waals surface area (Å²) in [6.07, 6.45) is 1.73. The Hall–Kier alpha value is -1.77. The first-order valence-corrected chi connectivity index (χ1v) is 11.9. The fraction of sp³-hybridized carbons (Fsp3) is 0.273. The van der Waals surface area contributed by atoms with E-state index in [9.17, 15) is 4.79 Å². The maximum atomic E-state index is 12.9. The molecule has 1 aliphatic heterocycles. The maximum absolute atomic E-state index is 12.9. The number of halogens is 4. The second-order valence-electron chi connectivity index (χ2n) is 7.41. The van der Waals surface area contributed by atoms with Gasteiger partial charge in [0.05, 0.1) is 14.5 Å². The number of rotatable bonds is 6. The number of piperazine rings is 1. The molecule has 0 aliphatic carbocycles. The molecule has 2 aromatic carbocycles. The maximum Gasteiger partial charge on any atom is 0.274 e. The largest absolute Gasteiger partial charge is 0.470 e. The number of hydrogen-bond donors (Lipinski definition) is 0. The first kappa shape index (κ1) is 23.4. The Kier molecular flexibility index (Phi) is 7.63. The molecule has 32 heavy (non-hydrogen) atoms. The lowest BCUT2D eigenvalue weighted by atomic mass is 10.2. The number of amides is 1. The summed E-state index contributed by atoms with van der Waals surface area (Å²) in [5, 5.41) is 6.10. The lowest BCUT2D eigenvalue weighted by Crippen LogP contribution is -2.48. The minimum atomic E-state index is -0.0781. The highest BCUT2D eigenvalue weighted by molar-refractivity contribution is 9.10. The number of hydrogen-bond acceptors (Lipinski definition) is 4. The van der Waals surface area contributed by atoms with Gasteiger partial charge in [-0.25, -0.2) is 4.68 Å². The Morgan fingerprint density at radius 3 is 2.50 bits per heavy atom. The normalized spacial score (nSPS) is 14.6. The van der Waals surface area contributed by atoms with Crippen LogP contribution in [0.4, 0.5) is 0 Å². The molecule has 6 nitrogen and oxygen atoms in total. The van der Waals surface area contributed by atoms with Crippen LogP contribution >= 0.6 is 50.7 Å². The Bertz CT molecular complexity index is 1120. The molecule has 1 amide bonds. The van der Waals surface area contributed by atoms with Crippen molar-refractivity contribution in [3.05, 3.63) is 79.5 Å². The molecule has 0 spiro atoms. The van der Waals surface area contributed by atoms with Gasteiger partial charge in [-0.3, -0.25) is 9.69 Å². The average Bonchev–Trinajstić information content (AvgIpc) is 3.25. The van der Waals surface area contributed by atoms with E-state index in [4.69, 9.17) is 39.5 Å². The first-order chi connectivity index (χ1) is 15.4. The molecule has 1 aliphatic rings. The lowest BCUT2D eigenvalue weighted by molar-refractivity contribution is 0.0621. The molecule has 0 N–H and O–H groups in total. The van der Waals surface area contributed by atoms with E-state index in [2.05, 4.69) is 25.9 Å². The van der Waals surface area contributed by atoms with Crippen LogP contribution in [0.15, 0.2) is 53.1 Å². The van der Waals surface area contributed by atoms with Crippen molar-refractivity contribution in [3.63, 3.8) is 0 Å². The quantitative estimate of drug-likeness (QED) is 0.395. The van der Waals surface area contributed by atoms with Crippen LogP contribution in [0.5, 0.6) is 5.75 Å². The molecule has 168 valence electrons. The molecule has 0 saturated carbocycles. The van der Waals surface area contributed by atoms with Crippen LogP contribution in [0.25, 0.3) is 0 Å². The molecule has 0 bridgehead atoms. The van der Waals surface area contributed by atoms with Gasteiger partial charge in [-0.1, -0.05) is 40.9 Å². The predicted molar refractivity (Wildman–Crippen MR) is 130 cm³/mol. The van der Waals surface area contributed by atoms with Crippen molar-refractivity contribution in [2.24, 2.45) is 0 Å². The average molecular weight is 559 g/mol. The van der Waals surface area contributed by atoms with Gasteiger partial charge in [0.2, 0.25) is 0 Å². The second kappa shape index (κ2) is 10.4. The van der Waals surface area contributed by atoms with Crippen molar-refractivity contribution in [1.29, 1.82) is 0 Å². The van der Waals surface area contributed by atoms with Gasteiger partial charge >= 0.3 is 0 Å². The number of nitrogens with zero attached hydrogens (tertiary/aromatic N) is 4. The number of ether oxygens (including phenoxy) is 1. The van der Waals surface area contributed by atoms with Crippen LogP contribution < -0.4 is 4.74 Å². The monoisotopic (exact) mass is 556 g/mol. The van der Waals surface area contributed by atoms with E-state index in [1.165, 1.54) is 0 Å². The third-order valence-corrected chi connectivity index (χ3v) is 6.75. The number of benzene rings is 2. The van der Waals surface area contributed by atoms with E-state index in [1.807, 2.05) is 23.1 Å². The van der Waals surface area contributed by atoms with Crippen molar-refractivity contribution in [2.45, 2.75) is 13.3 Å². The Morgan fingerprint density at radius 2 is 1.78 bits per heavy atom. The molecule has 1 saturated heterocycles. The predicted octanol–water partition coefficient (Wildman–Crippen LogP) is 5.60. The van der Waals surface area contributed by atoms with E-state index in [0.717, 1.165) is 29.7 Å². The molecule has 2 heterocycles. The van der Waals surface area contributed by atoms with Gasteiger partial charge < -0.3 is 9.64 Å². The topological polar surface area (TPSA) is 50.6 Å². The third kappa shape index (κ3) is 5.77. The number of aromatic nitrogens is 2. The summed E-state index contributed by atoms with van der Waals surface area (Å²) in [5.41, 5.74) is 1.51. The van der Waals surface area contributed by atoms with Gasteiger partial charge in [0.25, 0.3) is 5.91 Å². The smallest absolute Gasteiger partial charge is 0.274 e. The SMILES string of the molecule is O=C(c1ccn(COc2ccc(Cl)cc2Br)n1)N1CCN(Cc2ccc(Cl)c(Cl)c2)CC1. The van der Waals surface area contributed by atoms with Gasteiger partial charge in [-0.15, -0.1) is 0 Å². The third-order valence-electron chi connectivity index (χ3n) is 5.16. The number of carbonyl (C=O) groups is 1. The summed E-state index contributed by atoms with van der Waals surface area (Å²) < 4.78 is 8.10. The molecule has 10 heteroatoms. The van der Waals surface area contributed by atoms with Crippen molar-refractivity contribution in [1.82, 2.24) is 19.6 Å². The highest BCUT2D eigenvalue weighted by Crippen LogP contribution is 2.28. The van der Waals surface area contributed by atoms with Crippen LogP contribution in [-0.2, 0) is 13.3 Å². The van der Waals surface area contributed by atoms with E-state index >= 15 is 0 Å². The number of carbonyl (C=O) groups excluding carboxylic acids is 1. The van der Waals surface area contributed by atoms with Crippen molar-refractivity contribution in [2.75, 3.05) is 26.2 Å². The minimum absolute atomic E-state index is 0.0781. The Balaban J connectivity index is 1.28. The summed E-state index contributed by atoms with van der Waals surface area (Å²) in [7, 11) is 0. The molecule has 4 rings (SSSR count). The van der Waals surface area contributed by atoms with Gasteiger partial charge in [-0.2, -0.15) is 5.10 Å². The molecule has 0 radical (unpaired) electrons. The zero-order chi connectivity index (χ0) is 22.7. The van der Waals surface area contributed by atoms with Crippen LogP contribution in [0, 0.1) is 0 Å². The summed E-state index contributed by atoms with van der Waals surface area (Å²) in [5.74, 6) is 0.571. The van der Waals surface area contributed by atoms with Gasteiger partial charge in [-0.05, 0) is 57.9 Å². The molecule has 1 fully saturated rings. The van der Waals surface area contributed by atoms with E-state index in [-0.39, 0.29) is 12.6 Å². The zero-order valence-corrected chi connectivity index (χ0v) is 20.8. The summed E-state index contributed by atoms with van der Waals surface area (Å²) in [6.45, 7) is 3.79. The highest BCUT2D eigenvalue weighted by Gasteiger charge is 2.24. The highest BCUT2D eigenvalue weighted by atomic mass is 79.9.